The Balaban J connectivity index is 1.23. The Morgan fingerprint density at radius 1 is 0.287 bits per heavy atom. The molecule has 0 aliphatic carbocycles. The van der Waals surface area contributed by atoms with Crippen LogP contribution in [0.2, 0.25) is 0 Å². The van der Waals surface area contributed by atoms with E-state index in [2.05, 4.69) is 252 Å². The fourth-order valence-corrected chi connectivity index (χ4v) is 16.1. The van der Waals surface area contributed by atoms with Crippen LogP contribution in [0, 0.1) is 50.4 Å². The van der Waals surface area contributed by atoms with E-state index in [-0.39, 0.29) is 0 Å². The first-order chi connectivity index (χ1) is 39.3. The van der Waals surface area contributed by atoms with Gasteiger partial charge in [-0.1, -0.05) is 133 Å². The number of thiophene rings is 2. The minimum atomic E-state index is 0.394. The van der Waals surface area contributed by atoms with Crippen LogP contribution in [0.25, 0.3) is 150 Å². The second-order valence-corrected chi connectivity index (χ2v) is 23.7. The van der Waals surface area contributed by atoms with Crippen LogP contribution in [0.3, 0.4) is 0 Å². The molecule has 0 fully saturated rings. The number of nitriles is 2. The largest absolute Gasteiger partial charge is 0.306 e. The van der Waals surface area contributed by atoms with E-state index in [4.69, 9.17) is 0 Å². The highest BCUT2D eigenvalue weighted by Gasteiger charge is 2.36. The van der Waals surface area contributed by atoms with Gasteiger partial charge in [-0.2, -0.15) is 10.5 Å². The van der Waals surface area contributed by atoms with E-state index in [9.17, 15) is 10.5 Å². The number of nitrogens with zero attached hydrogens (tertiary/aromatic N) is 6. The summed E-state index contributed by atoms with van der Waals surface area (Å²) < 4.78 is 14.1. The van der Waals surface area contributed by atoms with Crippen molar-refractivity contribution in [3.63, 3.8) is 0 Å². The number of fused-ring (bicyclic) bond motifs is 20. The Hall–Kier alpha value is -9.96. The summed E-state index contributed by atoms with van der Waals surface area (Å²) in [4.78, 5) is 0. The topological polar surface area (TPSA) is 67.3 Å². The molecule has 8 heteroatoms. The van der Waals surface area contributed by atoms with Gasteiger partial charge in [-0.05, 0) is 111 Å². The smallest absolute Gasteiger partial charge is 0.104 e. The maximum Gasteiger partial charge on any atom is 0.104 e. The number of hydrogen-bond acceptors (Lipinski definition) is 4. The molecule has 374 valence electrons. The van der Waals surface area contributed by atoms with E-state index >= 15 is 0 Å². The first-order valence-electron chi connectivity index (χ1n) is 27.0. The first kappa shape index (κ1) is 45.1. The van der Waals surface area contributed by atoms with Crippen molar-refractivity contribution in [2.75, 3.05) is 0 Å². The van der Waals surface area contributed by atoms with Crippen molar-refractivity contribution < 1.29 is 0 Å². The van der Waals surface area contributed by atoms with E-state index in [1.807, 2.05) is 0 Å². The van der Waals surface area contributed by atoms with Gasteiger partial charge in [0.2, 0.25) is 0 Å². The quantitative estimate of drug-likeness (QED) is 0.176. The number of aryl methyl sites for hydroxylation is 4. The van der Waals surface area contributed by atoms with Gasteiger partial charge < -0.3 is 18.3 Å². The molecule has 0 N–H and O–H groups in total. The summed E-state index contributed by atoms with van der Waals surface area (Å²) in [7, 11) is 0. The summed E-state index contributed by atoms with van der Waals surface area (Å²) in [5.74, 6) is 0. The molecule has 6 heterocycles. The van der Waals surface area contributed by atoms with E-state index in [0.29, 0.717) is 28.2 Å². The summed E-state index contributed by atoms with van der Waals surface area (Å²) >= 11 is 3.57. The zero-order valence-electron chi connectivity index (χ0n) is 44.0. The average Bonchev–Trinajstić information content (AvgIpc) is 4.29. The highest BCUT2D eigenvalue weighted by Crippen LogP contribution is 2.52. The number of aromatic nitrogens is 4. The molecule has 0 atom stereocenters. The Bertz CT molecular complexity index is 5490. The summed E-state index contributed by atoms with van der Waals surface area (Å²) in [5, 5.41) is 39.1. The van der Waals surface area contributed by atoms with Crippen LogP contribution >= 0.6 is 22.7 Å². The van der Waals surface area contributed by atoms with Gasteiger partial charge in [0, 0.05) is 74.0 Å². The van der Waals surface area contributed by atoms with Gasteiger partial charge in [0.25, 0.3) is 0 Å². The predicted octanol–water partition coefficient (Wildman–Crippen LogP) is 19.8. The van der Waals surface area contributed by atoms with Crippen LogP contribution in [0.15, 0.2) is 194 Å². The van der Waals surface area contributed by atoms with Crippen LogP contribution in [0.1, 0.15) is 33.4 Å². The van der Waals surface area contributed by atoms with E-state index in [1.165, 1.54) is 31.3 Å². The molecule has 17 aromatic rings. The highest BCUT2D eigenvalue weighted by molar-refractivity contribution is 7.27. The lowest BCUT2D eigenvalue weighted by molar-refractivity contribution is 1.02. The van der Waals surface area contributed by atoms with E-state index in [1.54, 1.807) is 22.7 Å². The van der Waals surface area contributed by atoms with Crippen LogP contribution < -0.4 is 0 Å². The molecule has 0 saturated carbocycles. The summed E-state index contributed by atoms with van der Waals surface area (Å²) in [6.45, 7) is 8.73. The molecule has 0 amide bonds. The fraction of sp³-hybridized carbons (Fsp3) is 0.0556. The molecule has 17 rings (SSSR count). The molecule has 0 aliphatic heterocycles. The number of rotatable bonds is 4. The van der Waals surface area contributed by atoms with Gasteiger partial charge in [-0.3, -0.25) is 0 Å². The van der Waals surface area contributed by atoms with Crippen LogP contribution in [-0.2, 0) is 0 Å². The van der Waals surface area contributed by atoms with Crippen LogP contribution in [0.5, 0.6) is 0 Å². The van der Waals surface area contributed by atoms with Crippen LogP contribution in [-0.4, -0.2) is 18.3 Å². The Labute approximate surface area is 466 Å². The third kappa shape index (κ3) is 5.78. The van der Waals surface area contributed by atoms with Crippen molar-refractivity contribution in [3.8, 4) is 34.9 Å². The minimum Gasteiger partial charge on any atom is -0.306 e. The predicted molar refractivity (Wildman–Crippen MR) is 338 cm³/mol. The van der Waals surface area contributed by atoms with Gasteiger partial charge >= 0.3 is 0 Å². The molecule has 0 saturated heterocycles. The SMILES string of the molecule is Cc1cc2c3ccc4c5ccccc5sc4c3n(-c3c(C#N)c(-n4c5ccccc5c5ccccc54)c(-n4c5cc(C)c(C)cc5c5ccc6c7ccccc7sc6c54)c(-n4c5ccccc5c5ccccc54)c3C#N)c2cc1C. The molecule has 6 nitrogen and oxygen atoms in total. The Kier molecular flexibility index (Phi) is 9.19. The van der Waals surface area contributed by atoms with Crippen LogP contribution in [0.4, 0.5) is 0 Å². The Morgan fingerprint density at radius 2 is 0.613 bits per heavy atom. The summed E-state index contributed by atoms with van der Waals surface area (Å²) in [5.41, 5.74) is 15.8. The molecular formula is C72H44N6S2. The second-order valence-electron chi connectivity index (χ2n) is 21.6. The minimum absolute atomic E-state index is 0.394. The molecule has 11 aromatic carbocycles. The number of para-hydroxylation sites is 4. The summed E-state index contributed by atoms with van der Waals surface area (Å²) in [6.07, 6.45) is 0. The lowest BCUT2D eigenvalue weighted by Crippen LogP contribution is -2.17. The molecular weight excluding hydrogens is 1010 g/mol. The molecule has 0 unspecified atom stereocenters. The van der Waals surface area contributed by atoms with Crippen molar-refractivity contribution >= 4 is 150 Å². The van der Waals surface area contributed by atoms with E-state index < -0.39 is 0 Å². The third-order valence-electron chi connectivity index (χ3n) is 17.4. The maximum absolute atomic E-state index is 12.9. The number of benzene rings is 11. The lowest BCUT2D eigenvalue weighted by Gasteiger charge is -2.27. The standard InChI is InChI=1S/C72H44N6S2/c1-39-33-53-49-29-31-51-47-21-9-15-27-63(47)79-71(51)68(49)77(61(53)35-41(39)3)65-55(37-73)66(75-57-23-11-5-17-43(57)44-18-6-12-24-58(44)75)70(67(56(65)38-74)76-59-25-13-7-19-45(59)46-20-8-14-26-60(46)76)78-62-36-42(4)40(2)34-54(62)50-30-32-52-48-22-10-16-28-64(48)80-72(52)69(50)78/h5-36H,1-4H3. The van der Waals surface area contributed by atoms with Crippen molar-refractivity contribution in [2.24, 2.45) is 0 Å². The second kappa shape index (κ2) is 16.3. The average molecular weight is 1060 g/mol. The molecule has 0 radical (unpaired) electrons. The van der Waals surface area contributed by atoms with Crippen molar-refractivity contribution in [3.05, 3.63) is 228 Å². The lowest BCUT2D eigenvalue weighted by atomic mass is 9.98. The Morgan fingerprint density at radius 3 is 1.00 bits per heavy atom. The first-order valence-corrected chi connectivity index (χ1v) is 28.7. The maximum atomic E-state index is 12.9. The highest BCUT2D eigenvalue weighted by atomic mass is 32.1. The fourth-order valence-electron chi connectivity index (χ4n) is 13.6. The molecule has 0 spiro atoms. The molecule has 0 bridgehead atoms. The van der Waals surface area contributed by atoms with Crippen molar-refractivity contribution in [1.29, 1.82) is 10.5 Å². The van der Waals surface area contributed by atoms with Gasteiger partial charge in [-0.25, -0.2) is 0 Å². The number of hydrogen-bond donors (Lipinski definition) is 0. The van der Waals surface area contributed by atoms with Crippen molar-refractivity contribution in [2.45, 2.75) is 27.7 Å². The van der Waals surface area contributed by atoms with Gasteiger partial charge in [-0.15, -0.1) is 22.7 Å². The zero-order valence-corrected chi connectivity index (χ0v) is 45.6. The van der Waals surface area contributed by atoms with E-state index in [0.717, 1.165) is 124 Å². The van der Waals surface area contributed by atoms with Gasteiger partial charge in [0.05, 0.1) is 76.3 Å². The van der Waals surface area contributed by atoms with Crippen molar-refractivity contribution in [1.82, 2.24) is 18.3 Å². The van der Waals surface area contributed by atoms with Gasteiger partial charge in [0.15, 0.2) is 0 Å². The third-order valence-corrected chi connectivity index (χ3v) is 19.8. The zero-order chi connectivity index (χ0) is 53.4. The monoisotopic (exact) mass is 1060 g/mol. The molecule has 0 aliphatic rings. The normalized spacial score (nSPS) is 12.2. The molecule has 80 heavy (non-hydrogen) atoms. The summed E-state index contributed by atoms with van der Waals surface area (Å²) in [6, 6.07) is 76.1. The van der Waals surface area contributed by atoms with Gasteiger partial charge in [0.1, 0.15) is 23.3 Å². The molecule has 6 aromatic heterocycles.